The average Bonchev–Trinajstić information content (AvgIpc) is 2.14. The minimum absolute atomic E-state index is 0.174. The molecule has 0 radical (unpaired) electrons. The summed E-state index contributed by atoms with van der Waals surface area (Å²) in [5, 5.41) is 9.38. The molecule has 0 saturated heterocycles. The SMILES string of the molecule is CCS(=O)(=O)CCCC(O)CCOC. The first-order chi connectivity index (χ1) is 6.52. The maximum absolute atomic E-state index is 11.1. The van der Waals surface area contributed by atoms with E-state index in [-0.39, 0.29) is 11.5 Å². The molecule has 1 N–H and O–H groups in total. The summed E-state index contributed by atoms with van der Waals surface area (Å²) in [6.07, 6.45) is 1.19. The summed E-state index contributed by atoms with van der Waals surface area (Å²) in [6, 6.07) is 0. The van der Waals surface area contributed by atoms with Crippen LogP contribution >= 0.6 is 0 Å². The first-order valence-corrected chi connectivity index (χ1v) is 6.71. The van der Waals surface area contributed by atoms with Gasteiger partial charge in [-0.05, 0) is 19.3 Å². The van der Waals surface area contributed by atoms with Gasteiger partial charge in [-0.1, -0.05) is 6.92 Å². The number of ether oxygens (including phenoxy) is 1. The summed E-state index contributed by atoms with van der Waals surface area (Å²) in [7, 11) is -1.30. The molecule has 1 atom stereocenters. The van der Waals surface area contributed by atoms with Crippen molar-refractivity contribution in [1.29, 1.82) is 0 Å². The van der Waals surface area contributed by atoms with Gasteiger partial charge in [-0.3, -0.25) is 0 Å². The Kier molecular flexibility index (Phi) is 7.13. The van der Waals surface area contributed by atoms with Crippen LogP contribution in [0.25, 0.3) is 0 Å². The summed E-state index contributed by atoms with van der Waals surface area (Å²) in [4.78, 5) is 0. The molecule has 0 aromatic heterocycles. The van der Waals surface area contributed by atoms with Crippen LogP contribution in [0, 0.1) is 0 Å². The third-order valence-corrected chi connectivity index (χ3v) is 3.88. The fourth-order valence-corrected chi connectivity index (χ4v) is 1.98. The maximum Gasteiger partial charge on any atom is 0.150 e. The third kappa shape index (κ3) is 7.29. The Balaban J connectivity index is 3.54. The van der Waals surface area contributed by atoms with Gasteiger partial charge in [0.1, 0.15) is 9.84 Å². The molecule has 0 saturated carbocycles. The third-order valence-electron chi connectivity index (χ3n) is 2.09. The van der Waals surface area contributed by atoms with Gasteiger partial charge in [-0.2, -0.15) is 0 Å². The highest BCUT2D eigenvalue weighted by Crippen LogP contribution is 2.04. The molecule has 0 rings (SSSR count). The average molecular weight is 224 g/mol. The van der Waals surface area contributed by atoms with Gasteiger partial charge in [0.25, 0.3) is 0 Å². The molecule has 0 aliphatic rings. The van der Waals surface area contributed by atoms with Crippen molar-refractivity contribution >= 4 is 9.84 Å². The molecule has 1 unspecified atom stereocenters. The van der Waals surface area contributed by atoms with Crippen molar-refractivity contribution in [1.82, 2.24) is 0 Å². The molecular formula is C9H20O4S. The standard InChI is InChI=1S/C9H20O4S/c1-3-14(11,12)8-4-5-9(10)6-7-13-2/h9-10H,3-8H2,1-2H3. The lowest BCUT2D eigenvalue weighted by Crippen LogP contribution is -2.14. The fraction of sp³-hybridized carbons (Fsp3) is 1.00. The van der Waals surface area contributed by atoms with Gasteiger partial charge in [0.05, 0.1) is 11.9 Å². The quantitative estimate of drug-likeness (QED) is 0.655. The number of hydrogen-bond acceptors (Lipinski definition) is 4. The zero-order valence-corrected chi connectivity index (χ0v) is 9.72. The van der Waals surface area contributed by atoms with Gasteiger partial charge in [-0.25, -0.2) is 8.42 Å². The lowest BCUT2D eigenvalue weighted by atomic mass is 10.1. The van der Waals surface area contributed by atoms with E-state index in [9.17, 15) is 13.5 Å². The zero-order valence-electron chi connectivity index (χ0n) is 8.90. The lowest BCUT2D eigenvalue weighted by molar-refractivity contribution is 0.104. The highest BCUT2D eigenvalue weighted by atomic mass is 32.2. The largest absolute Gasteiger partial charge is 0.393 e. The van der Waals surface area contributed by atoms with Crippen molar-refractivity contribution in [3.63, 3.8) is 0 Å². The number of aliphatic hydroxyl groups excluding tert-OH is 1. The maximum atomic E-state index is 11.1. The Labute approximate surface area is 86.2 Å². The summed E-state index contributed by atoms with van der Waals surface area (Å²) < 4.78 is 27.0. The van der Waals surface area contributed by atoms with Crippen molar-refractivity contribution in [2.24, 2.45) is 0 Å². The predicted octanol–water partition coefficient (Wildman–Crippen LogP) is 0.599. The number of hydrogen-bond donors (Lipinski definition) is 1. The van der Waals surface area contributed by atoms with Crippen LogP contribution in [0.3, 0.4) is 0 Å². The monoisotopic (exact) mass is 224 g/mol. The molecular weight excluding hydrogens is 204 g/mol. The molecule has 0 spiro atoms. The number of methoxy groups -OCH3 is 1. The van der Waals surface area contributed by atoms with E-state index in [1.165, 1.54) is 0 Å². The van der Waals surface area contributed by atoms with Crippen LogP contribution in [0.15, 0.2) is 0 Å². The van der Waals surface area contributed by atoms with Gasteiger partial charge in [-0.15, -0.1) is 0 Å². The predicted molar refractivity (Wildman–Crippen MR) is 56.1 cm³/mol. The molecule has 86 valence electrons. The Bertz CT molecular complexity index is 223. The van der Waals surface area contributed by atoms with Crippen LogP contribution in [-0.4, -0.2) is 44.9 Å². The van der Waals surface area contributed by atoms with E-state index in [1.54, 1.807) is 14.0 Å². The van der Waals surface area contributed by atoms with E-state index >= 15 is 0 Å². The van der Waals surface area contributed by atoms with E-state index in [2.05, 4.69) is 0 Å². The molecule has 4 nitrogen and oxygen atoms in total. The highest BCUT2D eigenvalue weighted by Gasteiger charge is 2.09. The molecule has 5 heteroatoms. The van der Waals surface area contributed by atoms with E-state index in [4.69, 9.17) is 4.74 Å². The van der Waals surface area contributed by atoms with Crippen LogP contribution in [0.4, 0.5) is 0 Å². The minimum Gasteiger partial charge on any atom is -0.393 e. The lowest BCUT2D eigenvalue weighted by Gasteiger charge is -2.09. The van der Waals surface area contributed by atoms with Crippen molar-refractivity contribution in [3.05, 3.63) is 0 Å². The van der Waals surface area contributed by atoms with Crippen LogP contribution in [0.1, 0.15) is 26.2 Å². The molecule has 0 aromatic rings. The van der Waals surface area contributed by atoms with E-state index in [1.807, 2.05) is 0 Å². The first-order valence-electron chi connectivity index (χ1n) is 4.89. The molecule has 0 amide bonds. The molecule has 0 aliphatic heterocycles. The van der Waals surface area contributed by atoms with Crippen LogP contribution in [0.2, 0.25) is 0 Å². The van der Waals surface area contributed by atoms with E-state index in [0.29, 0.717) is 25.9 Å². The summed E-state index contributed by atoms with van der Waals surface area (Å²) in [5.74, 6) is 0.356. The topological polar surface area (TPSA) is 63.6 Å². The van der Waals surface area contributed by atoms with Crippen molar-refractivity contribution < 1.29 is 18.3 Å². The van der Waals surface area contributed by atoms with Gasteiger partial charge < -0.3 is 9.84 Å². The van der Waals surface area contributed by atoms with Crippen LogP contribution in [-0.2, 0) is 14.6 Å². The molecule has 0 fully saturated rings. The van der Waals surface area contributed by atoms with Crippen molar-refractivity contribution in [2.75, 3.05) is 25.2 Å². The Morgan fingerprint density at radius 2 is 2.00 bits per heavy atom. The fourth-order valence-electron chi connectivity index (χ4n) is 1.08. The van der Waals surface area contributed by atoms with Gasteiger partial charge in [0.2, 0.25) is 0 Å². The first kappa shape index (κ1) is 13.9. The molecule has 14 heavy (non-hydrogen) atoms. The number of aliphatic hydroxyl groups is 1. The second kappa shape index (κ2) is 7.20. The van der Waals surface area contributed by atoms with Crippen LogP contribution in [0.5, 0.6) is 0 Å². The summed E-state index contributed by atoms with van der Waals surface area (Å²) in [5.41, 5.74) is 0. The second-order valence-electron chi connectivity index (χ2n) is 3.31. The number of sulfone groups is 1. The minimum atomic E-state index is -2.88. The second-order valence-corrected chi connectivity index (χ2v) is 5.79. The molecule has 0 aliphatic carbocycles. The molecule has 0 heterocycles. The smallest absolute Gasteiger partial charge is 0.150 e. The van der Waals surface area contributed by atoms with Gasteiger partial charge in [0.15, 0.2) is 0 Å². The molecule has 0 aromatic carbocycles. The summed E-state index contributed by atoms with van der Waals surface area (Å²) in [6.45, 7) is 2.15. The molecule has 0 bridgehead atoms. The van der Waals surface area contributed by atoms with Gasteiger partial charge >= 0.3 is 0 Å². The van der Waals surface area contributed by atoms with Crippen LogP contribution < -0.4 is 0 Å². The van der Waals surface area contributed by atoms with Crippen molar-refractivity contribution in [2.45, 2.75) is 32.3 Å². The van der Waals surface area contributed by atoms with Crippen molar-refractivity contribution in [3.8, 4) is 0 Å². The Hall–Kier alpha value is -0.130. The number of rotatable bonds is 8. The Morgan fingerprint density at radius 3 is 2.50 bits per heavy atom. The highest BCUT2D eigenvalue weighted by molar-refractivity contribution is 7.91. The zero-order chi connectivity index (χ0) is 11.0. The van der Waals surface area contributed by atoms with E-state index < -0.39 is 15.9 Å². The van der Waals surface area contributed by atoms with Gasteiger partial charge in [0, 0.05) is 19.5 Å². The summed E-state index contributed by atoms with van der Waals surface area (Å²) >= 11 is 0. The van der Waals surface area contributed by atoms with E-state index in [0.717, 1.165) is 0 Å². The Morgan fingerprint density at radius 1 is 1.36 bits per heavy atom. The normalized spacial score (nSPS) is 14.2.